The third-order valence-electron chi connectivity index (χ3n) is 6.14. The second-order valence-electron chi connectivity index (χ2n) is 8.20. The van der Waals surface area contributed by atoms with E-state index in [1.54, 1.807) is 19.3 Å². The number of morpholine rings is 1. The van der Waals surface area contributed by atoms with Crippen LogP contribution in [0.3, 0.4) is 0 Å². The number of carbonyl (C=O) groups excluding carboxylic acids is 1. The quantitative estimate of drug-likeness (QED) is 0.745. The molecule has 31 heavy (non-hydrogen) atoms. The van der Waals surface area contributed by atoms with E-state index in [4.69, 9.17) is 9.47 Å². The molecule has 0 spiro atoms. The molecule has 1 aromatic heterocycles. The summed E-state index contributed by atoms with van der Waals surface area (Å²) in [5.74, 6) is 6.03. The highest BCUT2D eigenvalue weighted by Crippen LogP contribution is 2.31. The molecular weight excluding hydrogens is 392 g/mol. The van der Waals surface area contributed by atoms with Gasteiger partial charge < -0.3 is 19.7 Å². The van der Waals surface area contributed by atoms with Crippen molar-refractivity contribution in [1.29, 1.82) is 0 Å². The van der Waals surface area contributed by atoms with Crippen molar-refractivity contribution in [1.82, 2.24) is 15.3 Å². The predicted octanol–water partition coefficient (Wildman–Crippen LogP) is 3.32. The van der Waals surface area contributed by atoms with Crippen molar-refractivity contribution in [3.05, 3.63) is 30.1 Å². The Bertz CT molecular complexity index is 954. The number of hydrogen-bond donors (Lipinski definition) is 1. The Balaban J connectivity index is 1.39. The molecule has 1 N–H and O–H groups in total. The van der Waals surface area contributed by atoms with E-state index in [1.807, 2.05) is 0 Å². The van der Waals surface area contributed by atoms with Crippen molar-refractivity contribution in [2.45, 2.75) is 45.1 Å². The Hall–Kier alpha value is -2.85. The standard InChI is InChI=1S/C24H30N4O3/c1-2-3-12-31-24(29)27-20-6-4-18(5-7-20)15-19-16-21(28-10-13-30-14-11-28)17-22-23(19)26-9-8-25-22/h8-9,16-18,20H,4-7,10-15H2,1H3,(H,27,29). The lowest BCUT2D eigenvalue weighted by Crippen LogP contribution is -2.38. The second kappa shape index (κ2) is 10.5. The predicted molar refractivity (Wildman–Crippen MR) is 120 cm³/mol. The maximum Gasteiger partial charge on any atom is 0.408 e. The first-order valence-corrected chi connectivity index (χ1v) is 11.1. The molecular formula is C24H30N4O3. The Labute approximate surface area is 183 Å². The first-order valence-electron chi connectivity index (χ1n) is 11.1. The topological polar surface area (TPSA) is 76.6 Å². The maximum atomic E-state index is 11.9. The Morgan fingerprint density at radius 1 is 1.19 bits per heavy atom. The normalized spacial score (nSPS) is 21.3. The summed E-state index contributed by atoms with van der Waals surface area (Å²) in [6, 6.07) is 4.61. The van der Waals surface area contributed by atoms with E-state index < -0.39 is 0 Å². The van der Waals surface area contributed by atoms with E-state index in [9.17, 15) is 4.79 Å². The molecule has 0 bridgehead atoms. The number of carbonyl (C=O) groups is 1. The molecule has 0 unspecified atom stereocenters. The number of fused-ring (bicyclic) bond motifs is 1. The molecule has 2 fully saturated rings. The van der Waals surface area contributed by atoms with Gasteiger partial charge in [0.05, 0.1) is 24.2 Å². The molecule has 7 heteroatoms. The van der Waals surface area contributed by atoms with Gasteiger partial charge in [-0.2, -0.15) is 0 Å². The van der Waals surface area contributed by atoms with Crippen LogP contribution in [-0.4, -0.2) is 55.0 Å². The van der Waals surface area contributed by atoms with Crippen molar-refractivity contribution in [3.8, 4) is 11.8 Å². The number of benzene rings is 1. The number of aromatic nitrogens is 2. The average molecular weight is 423 g/mol. The van der Waals surface area contributed by atoms with Crippen LogP contribution in [0.1, 0.15) is 38.2 Å². The van der Waals surface area contributed by atoms with Gasteiger partial charge in [-0.3, -0.25) is 9.97 Å². The van der Waals surface area contributed by atoms with Crippen molar-refractivity contribution in [3.63, 3.8) is 0 Å². The van der Waals surface area contributed by atoms with Crippen LogP contribution >= 0.6 is 0 Å². The maximum absolute atomic E-state index is 11.9. The number of ether oxygens (including phenoxy) is 2. The molecule has 164 valence electrons. The molecule has 2 aliphatic rings. The average Bonchev–Trinajstić information content (AvgIpc) is 2.81. The van der Waals surface area contributed by atoms with Gasteiger partial charge in [-0.15, -0.1) is 5.92 Å². The molecule has 0 atom stereocenters. The van der Waals surface area contributed by atoms with E-state index in [0.29, 0.717) is 5.92 Å². The molecule has 0 radical (unpaired) electrons. The lowest BCUT2D eigenvalue weighted by atomic mass is 9.82. The molecule has 1 amide bonds. The van der Waals surface area contributed by atoms with Gasteiger partial charge in [0, 0.05) is 37.2 Å². The van der Waals surface area contributed by atoms with Gasteiger partial charge in [-0.1, -0.05) is 5.92 Å². The molecule has 1 aliphatic carbocycles. The molecule has 7 nitrogen and oxygen atoms in total. The van der Waals surface area contributed by atoms with Gasteiger partial charge in [0.25, 0.3) is 0 Å². The summed E-state index contributed by atoms with van der Waals surface area (Å²) in [4.78, 5) is 23.4. The minimum atomic E-state index is -0.370. The zero-order valence-corrected chi connectivity index (χ0v) is 18.1. The Kier molecular flexibility index (Phi) is 7.21. The second-order valence-corrected chi connectivity index (χ2v) is 8.20. The summed E-state index contributed by atoms with van der Waals surface area (Å²) in [6.07, 6.45) is 8.22. The number of anilines is 1. The highest BCUT2D eigenvalue weighted by atomic mass is 16.5. The number of amides is 1. The number of rotatable bonds is 5. The Morgan fingerprint density at radius 2 is 1.97 bits per heavy atom. The van der Waals surface area contributed by atoms with E-state index in [1.165, 1.54) is 11.3 Å². The summed E-state index contributed by atoms with van der Waals surface area (Å²) < 4.78 is 10.6. The van der Waals surface area contributed by atoms with Gasteiger partial charge in [0.15, 0.2) is 6.61 Å². The molecule has 1 saturated heterocycles. The molecule has 1 saturated carbocycles. The third kappa shape index (κ3) is 5.65. The van der Waals surface area contributed by atoms with Gasteiger partial charge in [-0.25, -0.2) is 4.79 Å². The van der Waals surface area contributed by atoms with Crippen LogP contribution in [0.25, 0.3) is 11.0 Å². The van der Waals surface area contributed by atoms with Gasteiger partial charge >= 0.3 is 6.09 Å². The monoisotopic (exact) mass is 422 g/mol. The number of nitrogens with zero attached hydrogens (tertiary/aromatic N) is 3. The van der Waals surface area contributed by atoms with Crippen LogP contribution in [-0.2, 0) is 15.9 Å². The number of hydrogen-bond acceptors (Lipinski definition) is 6. The van der Waals surface area contributed by atoms with E-state index in [2.05, 4.69) is 44.2 Å². The first-order chi connectivity index (χ1) is 15.2. The zero-order chi connectivity index (χ0) is 21.5. The number of alkyl carbamates (subject to hydrolysis) is 1. The lowest BCUT2D eigenvalue weighted by Gasteiger charge is -2.31. The summed E-state index contributed by atoms with van der Waals surface area (Å²) in [5, 5.41) is 2.97. The molecule has 1 aromatic carbocycles. The molecule has 1 aliphatic heterocycles. The zero-order valence-electron chi connectivity index (χ0n) is 18.1. The summed E-state index contributed by atoms with van der Waals surface area (Å²) in [6.45, 7) is 5.21. The lowest BCUT2D eigenvalue weighted by molar-refractivity contribution is 0.122. The van der Waals surface area contributed by atoms with Gasteiger partial charge in [-0.05, 0) is 62.6 Å². The van der Waals surface area contributed by atoms with Gasteiger partial charge in [0.2, 0.25) is 0 Å². The molecule has 4 rings (SSSR count). The highest BCUT2D eigenvalue weighted by Gasteiger charge is 2.24. The fraction of sp³-hybridized carbons (Fsp3) is 0.542. The van der Waals surface area contributed by atoms with Crippen molar-refractivity contribution in [2.24, 2.45) is 5.92 Å². The summed E-state index contributed by atoms with van der Waals surface area (Å²) in [7, 11) is 0. The van der Waals surface area contributed by atoms with Crippen LogP contribution in [0.4, 0.5) is 10.5 Å². The SMILES string of the molecule is CC#CCOC(=O)NC1CCC(Cc2cc(N3CCOCC3)cc3nccnc23)CC1. The smallest absolute Gasteiger partial charge is 0.408 e. The fourth-order valence-electron chi connectivity index (χ4n) is 4.49. The van der Waals surface area contributed by atoms with E-state index >= 15 is 0 Å². The summed E-state index contributed by atoms with van der Waals surface area (Å²) >= 11 is 0. The van der Waals surface area contributed by atoms with Crippen molar-refractivity contribution < 1.29 is 14.3 Å². The van der Waals surface area contributed by atoms with Crippen molar-refractivity contribution >= 4 is 22.8 Å². The fourth-order valence-corrected chi connectivity index (χ4v) is 4.49. The van der Waals surface area contributed by atoms with Crippen LogP contribution in [0, 0.1) is 17.8 Å². The van der Waals surface area contributed by atoms with Crippen LogP contribution in [0.15, 0.2) is 24.5 Å². The van der Waals surface area contributed by atoms with Gasteiger partial charge in [0.1, 0.15) is 0 Å². The van der Waals surface area contributed by atoms with Crippen LogP contribution in [0.5, 0.6) is 0 Å². The third-order valence-corrected chi connectivity index (χ3v) is 6.14. The first kappa shape index (κ1) is 21.4. The van der Waals surface area contributed by atoms with Crippen LogP contribution < -0.4 is 10.2 Å². The van der Waals surface area contributed by atoms with Crippen molar-refractivity contribution in [2.75, 3.05) is 37.8 Å². The Morgan fingerprint density at radius 3 is 2.74 bits per heavy atom. The molecule has 2 aromatic rings. The molecule has 2 heterocycles. The number of nitrogens with one attached hydrogen (secondary N) is 1. The summed E-state index contributed by atoms with van der Waals surface area (Å²) in [5.41, 5.74) is 4.43. The van der Waals surface area contributed by atoms with Crippen LogP contribution in [0.2, 0.25) is 0 Å². The minimum Gasteiger partial charge on any atom is -0.436 e. The minimum absolute atomic E-state index is 0.144. The largest absolute Gasteiger partial charge is 0.436 e. The highest BCUT2D eigenvalue weighted by molar-refractivity contribution is 5.82. The van der Waals surface area contributed by atoms with E-state index in [0.717, 1.165) is 69.4 Å². The van der Waals surface area contributed by atoms with E-state index in [-0.39, 0.29) is 18.7 Å².